The summed E-state index contributed by atoms with van der Waals surface area (Å²) in [6.45, 7) is 6.14. The maximum Gasteiger partial charge on any atom is 0.409 e. The molecule has 0 radical (unpaired) electrons. The molecule has 1 saturated heterocycles. The number of rotatable bonds is 7. The van der Waals surface area contributed by atoms with Crippen LogP contribution in [0.25, 0.3) is 0 Å². The largest absolute Gasteiger partial charge is 0.450 e. The fourth-order valence-electron chi connectivity index (χ4n) is 3.20. The lowest BCUT2D eigenvalue weighted by Crippen LogP contribution is -2.49. The monoisotopic (exact) mass is 403 g/mol. The van der Waals surface area contributed by atoms with Gasteiger partial charge in [-0.1, -0.05) is 19.1 Å². The normalized spacial score (nSPS) is 15.0. The van der Waals surface area contributed by atoms with Crippen molar-refractivity contribution in [2.24, 2.45) is 4.99 Å². The lowest BCUT2D eigenvalue weighted by atomic mass is 10.1. The van der Waals surface area contributed by atoms with Crippen LogP contribution in [0.1, 0.15) is 45.1 Å². The number of hydrogen-bond acceptors (Lipinski definition) is 4. The number of amides is 2. The summed E-state index contributed by atoms with van der Waals surface area (Å²) in [5.74, 6) is 0.754. The van der Waals surface area contributed by atoms with Crippen LogP contribution in [0.5, 0.6) is 0 Å². The van der Waals surface area contributed by atoms with Crippen molar-refractivity contribution in [1.82, 2.24) is 15.5 Å². The second kappa shape index (κ2) is 11.9. The van der Waals surface area contributed by atoms with E-state index in [1.165, 1.54) is 0 Å². The highest BCUT2D eigenvalue weighted by atomic mass is 16.6. The Labute approximate surface area is 173 Å². The van der Waals surface area contributed by atoms with Gasteiger partial charge in [0, 0.05) is 44.8 Å². The molecule has 0 atom stereocenters. The summed E-state index contributed by atoms with van der Waals surface area (Å²) in [5, 5.41) is 9.65. The van der Waals surface area contributed by atoms with Crippen LogP contribution < -0.4 is 16.0 Å². The third kappa shape index (κ3) is 7.63. The molecule has 8 heteroatoms. The summed E-state index contributed by atoms with van der Waals surface area (Å²) in [7, 11) is 1.74. The Morgan fingerprint density at radius 2 is 2.00 bits per heavy atom. The number of carbonyl (C=O) groups is 2. The Morgan fingerprint density at radius 3 is 2.66 bits per heavy atom. The Hall–Kier alpha value is -2.77. The van der Waals surface area contributed by atoms with Crippen LogP contribution in [-0.2, 0) is 16.1 Å². The molecule has 1 heterocycles. The maximum atomic E-state index is 11.8. The van der Waals surface area contributed by atoms with Crippen LogP contribution in [0.4, 0.5) is 10.5 Å². The zero-order chi connectivity index (χ0) is 21.1. The Morgan fingerprint density at radius 1 is 1.24 bits per heavy atom. The zero-order valence-electron chi connectivity index (χ0n) is 17.7. The van der Waals surface area contributed by atoms with Gasteiger partial charge < -0.3 is 25.6 Å². The van der Waals surface area contributed by atoms with Gasteiger partial charge in [-0.25, -0.2) is 4.79 Å². The van der Waals surface area contributed by atoms with Gasteiger partial charge in [-0.05, 0) is 43.9 Å². The number of ether oxygens (including phenoxy) is 1. The van der Waals surface area contributed by atoms with E-state index in [-0.39, 0.29) is 18.0 Å². The van der Waals surface area contributed by atoms with Gasteiger partial charge in [0.15, 0.2) is 5.96 Å². The molecule has 0 aromatic heterocycles. The first kappa shape index (κ1) is 22.5. The van der Waals surface area contributed by atoms with Crippen LogP contribution >= 0.6 is 0 Å². The number of nitrogens with zero attached hydrogens (tertiary/aromatic N) is 2. The van der Waals surface area contributed by atoms with Gasteiger partial charge in [-0.15, -0.1) is 0 Å². The molecule has 1 aromatic rings. The van der Waals surface area contributed by atoms with Crippen molar-refractivity contribution in [1.29, 1.82) is 0 Å². The average molecular weight is 404 g/mol. The number of carbonyl (C=O) groups excluding carboxylic acids is 2. The van der Waals surface area contributed by atoms with E-state index in [2.05, 4.69) is 20.9 Å². The topological polar surface area (TPSA) is 95.1 Å². The average Bonchev–Trinajstić information content (AvgIpc) is 2.72. The first-order valence-electron chi connectivity index (χ1n) is 10.3. The number of nitrogens with one attached hydrogen (secondary N) is 3. The SMILES string of the molecule is CCCC(=O)Nc1cccc(CNC(=NC)NC2CCN(C(=O)OCC)CC2)c1. The molecular weight excluding hydrogens is 370 g/mol. The van der Waals surface area contributed by atoms with Crippen molar-refractivity contribution in [2.45, 2.75) is 52.1 Å². The first-order chi connectivity index (χ1) is 14.0. The fourth-order valence-corrected chi connectivity index (χ4v) is 3.20. The van der Waals surface area contributed by atoms with Gasteiger partial charge in [0.2, 0.25) is 5.91 Å². The number of guanidine groups is 1. The fraction of sp³-hybridized carbons (Fsp3) is 0.571. The molecule has 2 amide bonds. The van der Waals surface area contributed by atoms with Crippen molar-refractivity contribution in [3.8, 4) is 0 Å². The van der Waals surface area contributed by atoms with E-state index in [0.717, 1.165) is 36.5 Å². The molecule has 8 nitrogen and oxygen atoms in total. The van der Waals surface area contributed by atoms with Crippen molar-refractivity contribution in [3.63, 3.8) is 0 Å². The quantitative estimate of drug-likeness (QED) is 0.481. The molecule has 0 aliphatic carbocycles. The summed E-state index contributed by atoms with van der Waals surface area (Å²) in [4.78, 5) is 29.6. The van der Waals surface area contributed by atoms with Gasteiger partial charge in [0.25, 0.3) is 0 Å². The molecule has 0 unspecified atom stereocenters. The van der Waals surface area contributed by atoms with Crippen molar-refractivity contribution < 1.29 is 14.3 Å². The summed E-state index contributed by atoms with van der Waals surface area (Å²) in [5.41, 5.74) is 1.86. The molecule has 1 aliphatic heterocycles. The number of hydrogen-bond donors (Lipinski definition) is 3. The molecule has 3 N–H and O–H groups in total. The van der Waals surface area contributed by atoms with Crippen LogP contribution in [0.15, 0.2) is 29.3 Å². The third-order valence-corrected chi connectivity index (χ3v) is 4.73. The zero-order valence-corrected chi connectivity index (χ0v) is 17.7. The lowest BCUT2D eigenvalue weighted by molar-refractivity contribution is -0.116. The number of benzene rings is 1. The summed E-state index contributed by atoms with van der Waals surface area (Å²) in [6, 6.07) is 8.05. The van der Waals surface area contributed by atoms with Gasteiger partial charge in [-0.3, -0.25) is 9.79 Å². The summed E-state index contributed by atoms with van der Waals surface area (Å²) in [6.07, 6.45) is 2.80. The van der Waals surface area contributed by atoms with Crippen LogP contribution in [0.3, 0.4) is 0 Å². The van der Waals surface area contributed by atoms with Crippen LogP contribution in [0.2, 0.25) is 0 Å². The molecule has 0 spiro atoms. The van der Waals surface area contributed by atoms with E-state index in [9.17, 15) is 9.59 Å². The highest BCUT2D eigenvalue weighted by Crippen LogP contribution is 2.13. The van der Waals surface area contributed by atoms with E-state index < -0.39 is 0 Å². The molecule has 160 valence electrons. The minimum Gasteiger partial charge on any atom is -0.450 e. The summed E-state index contributed by atoms with van der Waals surface area (Å²) < 4.78 is 5.06. The number of aliphatic imine (C=N–C) groups is 1. The minimum atomic E-state index is -0.237. The second-order valence-corrected chi connectivity index (χ2v) is 7.03. The third-order valence-electron chi connectivity index (χ3n) is 4.73. The molecule has 0 bridgehead atoms. The highest BCUT2D eigenvalue weighted by Gasteiger charge is 2.24. The van der Waals surface area contributed by atoms with Crippen molar-refractivity contribution >= 4 is 23.6 Å². The number of likely N-dealkylation sites (tertiary alicyclic amines) is 1. The van der Waals surface area contributed by atoms with E-state index >= 15 is 0 Å². The lowest BCUT2D eigenvalue weighted by Gasteiger charge is -2.32. The number of piperidine rings is 1. The molecule has 0 saturated carbocycles. The Kier molecular flexibility index (Phi) is 9.27. The van der Waals surface area contributed by atoms with E-state index in [0.29, 0.717) is 32.7 Å². The molecule has 2 rings (SSSR count). The smallest absolute Gasteiger partial charge is 0.409 e. The van der Waals surface area contributed by atoms with E-state index in [1.807, 2.05) is 38.1 Å². The van der Waals surface area contributed by atoms with Gasteiger partial charge in [-0.2, -0.15) is 0 Å². The van der Waals surface area contributed by atoms with Gasteiger partial charge >= 0.3 is 6.09 Å². The van der Waals surface area contributed by atoms with Crippen LogP contribution in [-0.4, -0.2) is 55.6 Å². The molecular formula is C21H33N5O3. The predicted molar refractivity (Wildman–Crippen MR) is 115 cm³/mol. The Balaban J connectivity index is 1.80. The highest BCUT2D eigenvalue weighted by molar-refractivity contribution is 5.90. The molecule has 1 fully saturated rings. The van der Waals surface area contributed by atoms with Gasteiger partial charge in [0.1, 0.15) is 0 Å². The Bertz CT molecular complexity index is 699. The summed E-state index contributed by atoms with van der Waals surface area (Å²) >= 11 is 0. The second-order valence-electron chi connectivity index (χ2n) is 7.03. The van der Waals surface area contributed by atoms with E-state index in [4.69, 9.17) is 4.74 Å². The first-order valence-corrected chi connectivity index (χ1v) is 10.3. The molecule has 1 aromatic carbocycles. The van der Waals surface area contributed by atoms with Gasteiger partial charge in [0.05, 0.1) is 6.61 Å². The number of anilines is 1. The molecule has 29 heavy (non-hydrogen) atoms. The standard InChI is InChI=1S/C21H33N5O3/c1-4-7-19(27)24-18-9-6-8-16(14-18)15-23-20(22-3)25-17-10-12-26(13-11-17)21(28)29-5-2/h6,8-9,14,17H,4-5,7,10-13,15H2,1-3H3,(H,24,27)(H2,22,23,25). The van der Waals surface area contributed by atoms with Crippen LogP contribution in [0, 0.1) is 0 Å². The predicted octanol–water partition coefficient (Wildman–Crippen LogP) is 2.71. The van der Waals surface area contributed by atoms with E-state index in [1.54, 1.807) is 11.9 Å². The maximum absolute atomic E-state index is 11.8. The minimum absolute atomic E-state index is 0.0317. The van der Waals surface area contributed by atoms with Crippen molar-refractivity contribution in [2.75, 3.05) is 32.1 Å². The molecule has 1 aliphatic rings. The van der Waals surface area contributed by atoms with Crippen molar-refractivity contribution in [3.05, 3.63) is 29.8 Å².